The molecule has 2 aliphatic rings. The van der Waals surface area contributed by atoms with Crippen molar-refractivity contribution in [2.24, 2.45) is 11.8 Å². The highest BCUT2D eigenvalue weighted by Crippen LogP contribution is 2.44. The Hall–Kier alpha value is -3.71. The number of nitrogens with zero attached hydrogens (tertiary/aromatic N) is 1. The molecule has 2 fully saturated rings. The van der Waals surface area contributed by atoms with E-state index in [2.05, 4.69) is 20.9 Å². The van der Waals surface area contributed by atoms with Gasteiger partial charge < -0.3 is 16.0 Å². The minimum atomic E-state index is -0.229. The van der Waals surface area contributed by atoms with Crippen molar-refractivity contribution in [3.05, 3.63) is 82.9 Å². The molecule has 36 heavy (non-hydrogen) atoms. The van der Waals surface area contributed by atoms with E-state index in [-0.39, 0.29) is 17.9 Å². The topological polar surface area (TPSA) is 83.1 Å². The van der Waals surface area contributed by atoms with Crippen molar-refractivity contribution in [1.29, 1.82) is 0 Å². The van der Waals surface area contributed by atoms with E-state index in [1.165, 1.54) is 30.6 Å². The summed E-state index contributed by atoms with van der Waals surface area (Å²) in [6.45, 7) is 2.01. The van der Waals surface area contributed by atoms with Gasteiger partial charge in [0.05, 0.1) is 16.8 Å². The second kappa shape index (κ2) is 9.39. The first kappa shape index (κ1) is 22.7. The molecule has 3 atom stereocenters. The van der Waals surface area contributed by atoms with Crippen molar-refractivity contribution in [2.75, 3.05) is 10.6 Å². The number of carbonyl (C=O) groups excluding carboxylic acids is 2. The van der Waals surface area contributed by atoms with E-state index in [9.17, 15) is 9.59 Å². The number of amides is 2. The molecule has 182 valence electrons. The number of fused-ring (bicyclic) bond motifs is 3. The number of aryl methyl sites for hydroxylation is 1. The molecule has 0 radical (unpaired) electrons. The smallest absolute Gasteiger partial charge is 0.257 e. The van der Waals surface area contributed by atoms with Crippen LogP contribution in [0.15, 0.2) is 66.2 Å². The second-order valence-electron chi connectivity index (χ2n) is 9.91. The maximum absolute atomic E-state index is 13.3. The average molecular weight is 497 g/mol. The van der Waals surface area contributed by atoms with Gasteiger partial charge in [-0.15, -0.1) is 11.3 Å². The van der Waals surface area contributed by atoms with Gasteiger partial charge in [0.1, 0.15) is 0 Å². The van der Waals surface area contributed by atoms with Crippen LogP contribution >= 0.6 is 11.3 Å². The zero-order valence-corrected chi connectivity index (χ0v) is 20.9. The Kier molecular flexibility index (Phi) is 5.93. The van der Waals surface area contributed by atoms with Crippen molar-refractivity contribution < 1.29 is 9.59 Å². The van der Waals surface area contributed by atoms with Gasteiger partial charge in [-0.2, -0.15) is 0 Å². The Morgan fingerprint density at radius 3 is 2.61 bits per heavy atom. The molecule has 2 aromatic heterocycles. The van der Waals surface area contributed by atoms with E-state index < -0.39 is 0 Å². The third kappa shape index (κ3) is 4.35. The quantitative estimate of drug-likeness (QED) is 0.284. The van der Waals surface area contributed by atoms with Gasteiger partial charge in [-0.05, 0) is 61.8 Å². The maximum atomic E-state index is 13.3. The number of aromatic nitrogens is 1. The molecular weight excluding hydrogens is 468 g/mol. The largest absolute Gasteiger partial charge is 0.349 e. The lowest BCUT2D eigenvalue weighted by Gasteiger charge is -2.23. The molecule has 2 amide bonds. The first-order chi connectivity index (χ1) is 17.5. The fraction of sp³-hybridized carbons (Fsp3) is 0.276. The van der Waals surface area contributed by atoms with Crippen LogP contribution in [-0.4, -0.2) is 22.8 Å². The van der Waals surface area contributed by atoms with Crippen LogP contribution in [0.3, 0.4) is 0 Å². The van der Waals surface area contributed by atoms with Crippen molar-refractivity contribution in [2.45, 2.75) is 38.6 Å². The van der Waals surface area contributed by atoms with Crippen molar-refractivity contribution in [3.8, 4) is 0 Å². The van der Waals surface area contributed by atoms with Crippen molar-refractivity contribution in [1.82, 2.24) is 10.3 Å². The van der Waals surface area contributed by atoms with Gasteiger partial charge in [-0.1, -0.05) is 42.8 Å². The molecule has 2 aliphatic carbocycles. The molecule has 6 rings (SSSR count). The van der Waals surface area contributed by atoms with Crippen LogP contribution in [0.2, 0.25) is 0 Å². The van der Waals surface area contributed by atoms with Crippen LogP contribution in [0.1, 0.15) is 52.0 Å². The number of benzene rings is 2. The van der Waals surface area contributed by atoms with Gasteiger partial charge in [0.2, 0.25) is 0 Å². The van der Waals surface area contributed by atoms with Crippen molar-refractivity contribution >= 4 is 50.4 Å². The summed E-state index contributed by atoms with van der Waals surface area (Å²) in [6, 6.07) is 17.7. The molecule has 2 bridgehead atoms. The molecule has 4 aromatic rings. The summed E-state index contributed by atoms with van der Waals surface area (Å²) in [4.78, 5) is 31.1. The summed E-state index contributed by atoms with van der Waals surface area (Å²) >= 11 is 1.54. The second-order valence-corrected chi connectivity index (χ2v) is 10.8. The van der Waals surface area contributed by atoms with Gasteiger partial charge in [0, 0.05) is 33.4 Å². The third-order valence-corrected chi connectivity index (χ3v) is 8.54. The molecule has 3 unspecified atom stereocenters. The van der Waals surface area contributed by atoms with Crippen LogP contribution < -0.4 is 16.0 Å². The Morgan fingerprint density at radius 1 is 0.972 bits per heavy atom. The highest BCUT2D eigenvalue weighted by atomic mass is 32.1. The predicted molar refractivity (Wildman–Crippen MR) is 145 cm³/mol. The van der Waals surface area contributed by atoms with Crippen LogP contribution in [-0.2, 0) is 0 Å². The molecule has 3 N–H and O–H groups in total. The molecule has 7 heteroatoms. The lowest BCUT2D eigenvalue weighted by molar-refractivity contribution is 0.0921. The van der Waals surface area contributed by atoms with Crippen LogP contribution in [0.5, 0.6) is 0 Å². The molecule has 2 saturated carbocycles. The number of para-hydroxylation sites is 1. The molecule has 2 aromatic carbocycles. The van der Waals surface area contributed by atoms with Gasteiger partial charge in [0.25, 0.3) is 11.8 Å². The predicted octanol–water partition coefficient (Wildman–Crippen LogP) is 6.52. The first-order valence-corrected chi connectivity index (χ1v) is 13.3. The minimum Gasteiger partial charge on any atom is -0.349 e. The van der Waals surface area contributed by atoms with E-state index in [0.717, 1.165) is 33.7 Å². The molecule has 0 aliphatic heterocycles. The number of carbonyl (C=O) groups is 2. The Labute approximate surface area is 214 Å². The third-order valence-electron chi connectivity index (χ3n) is 7.58. The standard InChI is InChI=1S/C29H28N4O2S/c1-17-6-2-4-8-23(17)31-27-25(33-29(35)22-16-36-26-9-5-3-7-21(22)26)14-20(15-30-27)28(34)32-24-13-18-10-11-19(24)12-18/h2-9,14-16,18-19,24H,10-13H2,1H3,(H,30,31)(H,32,34)(H,33,35). The van der Waals surface area contributed by atoms with Gasteiger partial charge >= 0.3 is 0 Å². The zero-order valence-electron chi connectivity index (χ0n) is 20.1. The summed E-state index contributed by atoms with van der Waals surface area (Å²) in [5.41, 5.74) is 3.46. The molecule has 0 saturated heterocycles. The SMILES string of the molecule is Cc1ccccc1Nc1ncc(C(=O)NC2CC3CCC2C3)cc1NC(=O)c1csc2ccccc12. The maximum Gasteiger partial charge on any atom is 0.257 e. The number of pyridine rings is 1. The number of hydrogen-bond donors (Lipinski definition) is 3. The summed E-state index contributed by atoms with van der Waals surface area (Å²) in [5, 5.41) is 12.4. The van der Waals surface area contributed by atoms with E-state index in [1.807, 2.05) is 60.8 Å². The van der Waals surface area contributed by atoms with E-state index in [1.54, 1.807) is 12.3 Å². The summed E-state index contributed by atoms with van der Waals surface area (Å²) < 4.78 is 1.05. The number of anilines is 3. The van der Waals surface area contributed by atoms with Gasteiger partial charge in [-0.25, -0.2) is 4.98 Å². The number of nitrogens with one attached hydrogen (secondary N) is 3. The van der Waals surface area contributed by atoms with E-state index >= 15 is 0 Å². The fourth-order valence-corrected chi connectivity index (χ4v) is 6.58. The lowest BCUT2D eigenvalue weighted by Crippen LogP contribution is -2.38. The highest BCUT2D eigenvalue weighted by Gasteiger charge is 2.40. The fourth-order valence-electron chi connectivity index (χ4n) is 5.64. The molecule has 6 nitrogen and oxygen atoms in total. The normalized spacial score (nSPS) is 20.4. The molecular formula is C29H28N4O2S. The van der Waals surface area contributed by atoms with Crippen LogP contribution in [0, 0.1) is 18.8 Å². The van der Waals surface area contributed by atoms with Crippen LogP contribution in [0.25, 0.3) is 10.1 Å². The van der Waals surface area contributed by atoms with E-state index in [0.29, 0.717) is 28.6 Å². The summed E-state index contributed by atoms with van der Waals surface area (Å²) in [6.07, 6.45) is 6.34. The van der Waals surface area contributed by atoms with Gasteiger partial charge in [-0.3, -0.25) is 9.59 Å². The average Bonchev–Trinajstić information content (AvgIpc) is 3.62. The number of hydrogen-bond acceptors (Lipinski definition) is 5. The first-order valence-electron chi connectivity index (χ1n) is 12.5. The Balaban J connectivity index is 1.30. The summed E-state index contributed by atoms with van der Waals surface area (Å²) in [5.74, 6) is 1.45. The lowest BCUT2D eigenvalue weighted by atomic mass is 9.95. The number of rotatable bonds is 6. The zero-order chi connectivity index (χ0) is 24.6. The number of thiophene rings is 1. The monoisotopic (exact) mass is 496 g/mol. The minimum absolute atomic E-state index is 0.140. The van der Waals surface area contributed by atoms with Gasteiger partial charge in [0.15, 0.2) is 5.82 Å². The Bertz CT molecular complexity index is 1460. The van der Waals surface area contributed by atoms with E-state index in [4.69, 9.17) is 0 Å². The molecule has 0 spiro atoms. The van der Waals surface area contributed by atoms with Crippen molar-refractivity contribution in [3.63, 3.8) is 0 Å². The summed E-state index contributed by atoms with van der Waals surface area (Å²) in [7, 11) is 0. The highest BCUT2D eigenvalue weighted by molar-refractivity contribution is 7.17. The van der Waals surface area contributed by atoms with Crippen LogP contribution in [0.4, 0.5) is 17.2 Å². The molecule has 2 heterocycles. The Morgan fingerprint density at radius 2 is 1.81 bits per heavy atom.